The van der Waals surface area contributed by atoms with Gasteiger partial charge in [0.25, 0.3) is 0 Å². The molecule has 0 aliphatic rings. The van der Waals surface area contributed by atoms with Gasteiger partial charge < -0.3 is 0 Å². The average molecular weight is 307 g/mol. The lowest BCUT2D eigenvalue weighted by molar-refractivity contribution is 0.561. The van der Waals surface area contributed by atoms with Crippen LogP contribution < -0.4 is 4.72 Å². The molecule has 2 aromatic rings. The highest BCUT2D eigenvalue weighted by Gasteiger charge is 2.18. The highest BCUT2D eigenvalue weighted by Crippen LogP contribution is 2.16. The van der Waals surface area contributed by atoms with E-state index >= 15 is 0 Å². The molecule has 0 saturated carbocycles. The second-order valence-electron chi connectivity index (χ2n) is 5.10. The predicted octanol–water partition coefficient (Wildman–Crippen LogP) is 3.31. The van der Waals surface area contributed by atoms with E-state index in [0.717, 1.165) is 11.1 Å². The largest absolute Gasteiger partial charge is 0.216 e. The average Bonchev–Trinajstić information content (AvgIpc) is 2.41. The van der Waals surface area contributed by atoms with Gasteiger partial charge in [0.05, 0.1) is 5.75 Å². The van der Waals surface area contributed by atoms with Crippen LogP contribution >= 0.6 is 0 Å². The first kappa shape index (κ1) is 15.7. The Morgan fingerprint density at radius 2 is 1.71 bits per heavy atom. The van der Waals surface area contributed by atoms with Gasteiger partial charge in [0.15, 0.2) is 0 Å². The zero-order chi connectivity index (χ0) is 15.5. The fourth-order valence-corrected chi connectivity index (χ4v) is 3.46. The van der Waals surface area contributed by atoms with E-state index < -0.39 is 15.8 Å². The minimum absolute atomic E-state index is 0.168. The number of nitrogens with one attached hydrogen (secondary N) is 1. The van der Waals surface area contributed by atoms with Gasteiger partial charge in [0, 0.05) is 11.6 Å². The van der Waals surface area contributed by atoms with Gasteiger partial charge in [-0.1, -0.05) is 48.0 Å². The number of rotatable bonds is 5. The lowest BCUT2D eigenvalue weighted by Crippen LogP contribution is -2.28. The minimum Gasteiger partial charge on any atom is -0.212 e. The molecule has 0 heterocycles. The molecule has 1 atom stereocenters. The van der Waals surface area contributed by atoms with Crippen molar-refractivity contribution >= 4 is 10.0 Å². The third-order valence-electron chi connectivity index (χ3n) is 3.24. The second-order valence-corrected chi connectivity index (χ2v) is 6.85. The molecule has 2 aromatic carbocycles. The number of sulfonamides is 1. The van der Waals surface area contributed by atoms with Crippen LogP contribution in [0.5, 0.6) is 0 Å². The van der Waals surface area contributed by atoms with Gasteiger partial charge in [-0.25, -0.2) is 17.5 Å². The summed E-state index contributed by atoms with van der Waals surface area (Å²) in [5, 5.41) is 0. The summed E-state index contributed by atoms with van der Waals surface area (Å²) in [4.78, 5) is 0. The Kier molecular flexibility index (Phi) is 4.75. The van der Waals surface area contributed by atoms with Gasteiger partial charge in [-0.3, -0.25) is 0 Å². The van der Waals surface area contributed by atoms with Gasteiger partial charge in [0.2, 0.25) is 10.0 Å². The maximum Gasteiger partial charge on any atom is 0.216 e. The summed E-state index contributed by atoms with van der Waals surface area (Å²) in [7, 11) is -3.60. The molecule has 21 heavy (non-hydrogen) atoms. The Labute approximate surface area is 124 Å². The first-order valence-corrected chi connectivity index (χ1v) is 8.32. The molecule has 0 amide bonds. The zero-order valence-electron chi connectivity index (χ0n) is 12.0. The molecular formula is C16H18FNO2S. The van der Waals surface area contributed by atoms with E-state index in [1.165, 1.54) is 18.2 Å². The maximum absolute atomic E-state index is 13.5. The summed E-state index contributed by atoms with van der Waals surface area (Å²) in [6.07, 6.45) is 0. The van der Waals surface area contributed by atoms with Crippen molar-refractivity contribution in [3.63, 3.8) is 0 Å². The molecule has 0 spiro atoms. The normalized spacial score (nSPS) is 13.1. The maximum atomic E-state index is 13.5. The topological polar surface area (TPSA) is 46.2 Å². The molecule has 0 saturated heterocycles. The van der Waals surface area contributed by atoms with Gasteiger partial charge in [-0.2, -0.15) is 0 Å². The Balaban J connectivity index is 2.10. The van der Waals surface area contributed by atoms with E-state index in [-0.39, 0.29) is 17.4 Å². The van der Waals surface area contributed by atoms with Crippen LogP contribution in [0, 0.1) is 12.7 Å². The highest BCUT2D eigenvalue weighted by molar-refractivity contribution is 7.88. The van der Waals surface area contributed by atoms with E-state index in [0.29, 0.717) is 0 Å². The minimum atomic E-state index is -3.60. The Bertz CT molecular complexity index is 711. The first-order valence-electron chi connectivity index (χ1n) is 6.67. The number of hydrogen-bond acceptors (Lipinski definition) is 2. The summed E-state index contributed by atoms with van der Waals surface area (Å²) >= 11 is 0. The van der Waals surface area contributed by atoms with Gasteiger partial charge >= 0.3 is 0 Å². The summed E-state index contributed by atoms with van der Waals surface area (Å²) in [5.41, 5.74) is 2.15. The highest BCUT2D eigenvalue weighted by atomic mass is 32.2. The molecule has 0 aromatic heterocycles. The van der Waals surface area contributed by atoms with Crippen LogP contribution in [0.3, 0.4) is 0 Å². The third-order valence-corrected chi connectivity index (χ3v) is 4.64. The van der Waals surface area contributed by atoms with Crippen molar-refractivity contribution in [2.75, 3.05) is 0 Å². The molecule has 0 aliphatic heterocycles. The fourth-order valence-electron chi connectivity index (χ4n) is 2.05. The van der Waals surface area contributed by atoms with Crippen molar-refractivity contribution in [1.29, 1.82) is 0 Å². The molecule has 2 rings (SSSR count). The number of hydrogen-bond donors (Lipinski definition) is 1. The molecule has 1 N–H and O–H groups in total. The van der Waals surface area contributed by atoms with Crippen molar-refractivity contribution in [1.82, 2.24) is 4.72 Å². The van der Waals surface area contributed by atoms with Crippen LogP contribution in [0.4, 0.5) is 4.39 Å². The van der Waals surface area contributed by atoms with Crippen molar-refractivity contribution in [3.05, 3.63) is 71.0 Å². The zero-order valence-corrected chi connectivity index (χ0v) is 12.8. The lowest BCUT2D eigenvalue weighted by atomic mass is 10.1. The molecule has 1 unspecified atom stereocenters. The second kappa shape index (κ2) is 6.37. The van der Waals surface area contributed by atoms with Crippen LogP contribution in [0.15, 0.2) is 48.5 Å². The monoisotopic (exact) mass is 307 g/mol. The van der Waals surface area contributed by atoms with Gasteiger partial charge in [-0.05, 0) is 25.5 Å². The molecule has 0 aliphatic carbocycles. The SMILES string of the molecule is Cc1ccc(C(C)NS(=O)(=O)Cc2ccccc2F)cc1. The van der Waals surface area contributed by atoms with E-state index in [4.69, 9.17) is 0 Å². The fraction of sp³-hybridized carbons (Fsp3) is 0.250. The molecule has 112 valence electrons. The molecule has 0 bridgehead atoms. The van der Waals surface area contributed by atoms with Crippen LogP contribution in [0.1, 0.15) is 29.7 Å². The van der Waals surface area contributed by atoms with Crippen molar-refractivity contribution in [2.45, 2.75) is 25.6 Å². The van der Waals surface area contributed by atoms with Crippen LogP contribution in [0.2, 0.25) is 0 Å². The quantitative estimate of drug-likeness (QED) is 0.921. The Hall–Kier alpha value is -1.72. The number of aryl methyl sites for hydroxylation is 1. The molecule has 5 heteroatoms. The smallest absolute Gasteiger partial charge is 0.212 e. The van der Waals surface area contributed by atoms with Crippen molar-refractivity contribution in [2.24, 2.45) is 0 Å². The van der Waals surface area contributed by atoms with E-state index in [1.54, 1.807) is 13.0 Å². The summed E-state index contributed by atoms with van der Waals surface area (Å²) in [6, 6.07) is 13.2. The molecule has 0 radical (unpaired) electrons. The van der Waals surface area contributed by atoms with Crippen LogP contribution in [-0.4, -0.2) is 8.42 Å². The van der Waals surface area contributed by atoms with Gasteiger partial charge in [0.1, 0.15) is 5.82 Å². The predicted molar refractivity (Wildman–Crippen MR) is 81.8 cm³/mol. The third kappa shape index (κ3) is 4.37. The summed E-state index contributed by atoms with van der Waals surface area (Å²) in [5.74, 6) is -0.874. The van der Waals surface area contributed by atoms with E-state index in [1.807, 2.05) is 31.2 Å². The van der Waals surface area contributed by atoms with Crippen molar-refractivity contribution in [3.8, 4) is 0 Å². The summed E-state index contributed by atoms with van der Waals surface area (Å²) < 4.78 is 40.4. The molecule has 0 fully saturated rings. The number of halogens is 1. The van der Waals surface area contributed by atoms with Gasteiger partial charge in [-0.15, -0.1) is 0 Å². The van der Waals surface area contributed by atoms with Crippen LogP contribution in [-0.2, 0) is 15.8 Å². The lowest BCUT2D eigenvalue weighted by Gasteiger charge is -2.15. The first-order chi connectivity index (χ1) is 9.87. The molecular weight excluding hydrogens is 289 g/mol. The standard InChI is InChI=1S/C16H18FNO2S/c1-12-7-9-14(10-8-12)13(2)18-21(19,20)11-15-5-3-4-6-16(15)17/h3-10,13,18H,11H2,1-2H3. The van der Waals surface area contributed by atoms with Crippen LogP contribution in [0.25, 0.3) is 0 Å². The van der Waals surface area contributed by atoms with E-state index in [2.05, 4.69) is 4.72 Å². The summed E-state index contributed by atoms with van der Waals surface area (Å²) in [6.45, 7) is 3.74. The molecule has 3 nitrogen and oxygen atoms in total. The van der Waals surface area contributed by atoms with E-state index in [9.17, 15) is 12.8 Å². The van der Waals surface area contributed by atoms with Crippen molar-refractivity contribution < 1.29 is 12.8 Å². The Morgan fingerprint density at radius 1 is 1.10 bits per heavy atom. The number of benzene rings is 2. The Morgan fingerprint density at radius 3 is 2.33 bits per heavy atom.